The number of aromatic nitrogens is 2. The van der Waals surface area contributed by atoms with Crippen molar-refractivity contribution in [2.75, 3.05) is 0 Å². The molecular weight excluding hydrogens is 394 g/mol. The number of carbonyl (C=O) groups is 1. The molecule has 4 nitrogen and oxygen atoms in total. The summed E-state index contributed by atoms with van der Waals surface area (Å²) < 4.78 is 1.93. The number of benzene rings is 3. The molecule has 0 aliphatic carbocycles. The van der Waals surface area contributed by atoms with Crippen molar-refractivity contribution in [3.05, 3.63) is 119 Å². The standard InChI is InChI=1S/C25H20ClN3O/c26-24-9-5-4-8-21(24)16-23(20-6-2-1-3-7-20)25(30)28-17-19-10-12-22(13-11-19)29-15-14-27-18-29/h1-16,18H,17H2,(H,28,30)/b23-16+. The van der Waals surface area contributed by atoms with Gasteiger partial charge in [-0.2, -0.15) is 0 Å². The Hall–Kier alpha value is -3.63. The zero-order chi connectivity index (χ0) is 20.8. The molecule has 0 radical (unpaired) electrons. The molecule has 4 aromatic rings. The predicted octanol–water partition coefficient (Wildman–Crippen LogP) is 5.38. The molecule has 0 aliphatic rings. The summed E-state index contributed by atoms with van der Waals surface area (Å²) in [6.07, 6.45) is 7.21. The predicted molar refractivity (Wildman–Crippen MR) is 121 cm³/mol. The number of amides is 1. The maximum atomic E-state index is 13.1. The van der Waals surface area contributed by atoms with Gasteiger partial charge in [0.15, 0.2) is 0 Å². The van der Waals surface area contributed by atoms with Gasteiger partial charge in [0, 0.05) is 35.2 Å². The van der Waals surface area contributed by atoms with E-state index in [4.69, 9.17) is 11.6 Å². The number of rotatable bonds is 6. The molecule has 0 saturated heterocycles. The van der Waals surface area contributed by atoms with Gasteiger partial charge in [0.1, 0.15) is 0 Å². The Kier molecular flexibility index (Phi) is 6.06. The van der Waals surface area contributed by atoms with Crippen molar-refractivity contribution >= 4 is 29.2 Å². The van der Waals surface area contributed by atoms with Crippen LogP contribution in [0.2, 0.25) is 5.02 Å². The fourth-order valence-corrected chi connectivity index (χ4v) is 3.31. The summed E-state index contributed by atoms with van der Waals surface area (Å²) in [5, 5.41) is 3.63. The Labute approximate surface area is 180 Å². The van der Waals surface area contributed by atoms with Crippen LogP contribution in [0.1, 0.15) is 16.7 Å². The van der Waals surface area contributed by atoms with E-state index < -0.39 is 0 Å². The van der Waals surface area contributed by atoms with E-state index in [9.17, 15) is 4.79 Å². The van der Waals surface area contributed by atoms with E-state index in [0.717, 1.165) is 22.4 Å². The molecule has 1 heterocycles. The van der Waals surface area contributed by atoms with Crippen molar-refractivity contribution < 1.29 is 4.79 Å². The van der Waals surface area contributed by atoms with Crippen LogP contribution >= 0.6 is 11.6 Å². The van der Waals surface area contributed by atoms with Gasteiger partial charge in [-0.1, -0.05) is 72.3 Å². The number of carbonyl (C=O) groups excluding carboxylic acids is 1. The number of nitrogens with zero attached hydrogens (tertiary/aromatic N) is 2. The quantitative estimate of drug-likeness (QED) is 0.340. The molecule has 1 N–H and O–H groups in total. The largest absolute Gasteiger partial charge is 0.348 e. The van der Waals surface area contributed by atoms with E-state index in [0.29, 0.717) is 17.1 Å². The van der Waals surface area contributed by atoms with E-state index in [2.05, 4.69) is 10.3 Å². The lowest BCUT2D eigenvalue weighted by Gasteiger charge is -2.11. The van der Waals surface area contributed by atoms with E-state index in [-0.39, 0.29) is 5.91 Å². The summed E-state index contributed by atoms with van der Waals surface area (Å²) in [4.78, 5) is 17.1. The molecule has 148 valence electrons. The second kappa shape index (κ2) is 9.25. The Morgan fingerprint density at radius 1 is 0.967 bits per heavy atom. The first-order valence-corrected chi connectivity index (χ1v) is 9.95. The smallest absolute Gasteiger partial charge is 0.252 e. The summed E-state index contributed by atoms with van der Waals surface area (Å²) in [5.74, 6) is -0.153. The maximum absolute atomic E-state index is 13.1. The van der Waals surface area contributed by atoms with Crippen LogP contribution in [0.25, 0.3) is 17.3 Å². The lowest BCUT2D eigenvalue weighted by molar-refractivity contribution is -0.115. The Balaban J connectivity index is 1.53. The van der Waals surface area contributed by atoms with Gasteiger partial charge in [0.2, 0.25) is 0 Å². The van der Waals surface area contributed by atoms with Gasteiger partial charge in [-0.3, -0.25) is 4.79 Å². The molecule has 0 spiro atoms. The van der Waals surface area contributed by atoms with E-state index in [1.165, 1.54) is 0 Å². The molecule has 1 aromatic heterocycles. The maximum Gasteiger partial charge on any atom is 0.252 e. The Morgan fingerprint density at radius 2 is 1.70 bits per heavy atom. The van der Waals surface area contributed by atoms with Crippen molar-refractivity contribution in [1.82, 2.24) is 14.9 Å². The van der Waals surface area contributed by atoms with Gasteiger partial charge in [0.05, 0.1) is 6.33 Å². The summed E-state index contributed by atoms with van der Waals surface area (Å²) in [6.45, 7) is 0.426. The molecule has 0 saturated carbocycles. The molecule has 0 fully saturated rings. The van der Waals surface area contributed by atoms with E-state index in [1.807, 2.05) is 95.7 Å². The minimum Gasteiger partial charge on any atom is -0.348 e. The highest BCUT2D eigenvalue weighted by Crippen LogP contribution is 2.23. The third kappa shape index (κ3) is 4.67. The number of nitrogens with one attached hydrogen (secondary N) is 1. The molecule has 30 heavy (non-hydrogen) atoms. The second-order valence-electron chi connectivity index (χ2n) is 6.76. The minimum atomic E-state index is -0.153. The first-order valence-electron chi connectivity index (χ1n) is 9.58. The Morgan fingerprint density at radius 3 is 2.40 bits per heavy atom. The van der Waals surface area contributed by atoms with Crippen LogP contribution in [0, 0.1) is 0 Å². The van der Waals surface area contributed by atoms with Crippen LogP contribution < -0.4 is 5.32 Å². The van der Waals surface area contributed by atoms with Crippen molar-refractivity contribution in [1.29, 1.82) is 0 Å². The monoisotopic (exact) mass is 413 g/mol. The average Bonchev–Trinajstić information content (AvgIpc) is 3.33. The number of imidazole rings is 1. The zero-order valence-electron chi connectivity index (χ0n) is 16.2. The molecule has 1 amide bonds. The first kappa shape index (κ1) is 19.7. The molecule has 0 atom stereocenters. The lowest BCUT2D eigenvalue weighted by atomic mass is 10.0. The number of halogens is 1. The normalized spacial score (nSPS) is 11.3. The molecule has 4 rings (SSSR count). The summed E-state index contributed by atoms with van der Waals surface area (Å²) in [6, 6.07) is 25.1. The summed E-state index contributed by atoms with van der Waals surface area (Å²) in [5.41, 5.74) is 4.24. The third-order valence-electron chi connectivity index (χ3n) is 4.73. The SMILES string of the molecule is O=C(NCc1ccc(-n2ccnc2)cc1)/C(=C/c1ccccc1Cl)c1ccccc1. The lowest BCUT2D eigenvalue weighted by Crippen LogP contribution is -2.23. The van der Waals surface area contributed by atoms with E-state index >= 15 is 0 Å². The van der Waals surface area contributed by atoms with Crippen molar-refractivity contribution in [3.63, 3.8) is 0 Å². The molecular formula is C25H20ClN3O. The number of hydrogen-bond donors (Lipinski definition) is 1. The van der Waals surface area contributed by atoms with Crippen molar-refractivity contribution in [3.8, 4) is 5.69 Å². The highest BCUT2D eigenvalue weighted by atomic mass is 35.5. The van der Waals surface area contributed by atoms with Gasteiger partial charge in [-0.25, -0.2) is 4.98 Å². The van der Waals surface area contributed by atoms with Crippen molar-refractivity contribution in [2.45, 2.75) is 6.54 Å². The molecule has 0 aliphatic heterocycles. The van der Waals surface area contributed by atoms with Gasteiger partial charge < -0.3 is 9.88 Å². The van der Waals surface area contributed by atoms with Crippen LogP contribution in [0.3, 0.4) is 0 Å². The first-order chi connectivity index (χ1) is 14.7. The highest BCUT2D eigenvalue weighted by Gasteiger charge is 2.13. The van der Waals surface area contributed by atoms with E-state index in [1.54, 1.807) is 12.5 Å². The van der Waals surface area contributed by atoms with Gasteiger partial charge >= 0.3 is 0 Å². The van der Waals surface area contributed by atoms with Crippen LogP contribution in [0.15, 0.2) is 97.6 Å². The van der Waals surface area contributed by atoms with Gasteiger partial charge in [-0.05, 0) is 41.0 Å². The Bertz CT molecular complexity index is 1150. The summed E-state index contributed by atoms with van der Waals surface area (Å²) in [7, 11) is 0. The van der Waals surface area contributed by atoms with Crippen LogP contribution in [-0.4, -0.2) is 15.5 Å². The van der Waals surface area contributed by atoms with Crippen LogP contribution in [0.5, 0.6) is 0 Å². The molecule has 3 aromatic carbocycles. The second-order valence-corrected chi connectivity index (χ2v) is 7.17. The van der Waals surface area contributed by atoms with Crippen LogP contribution in [-0.2, 0) is 11.3 Å². The minimum absolute atomic E-state index is 0.153. The van der Waals surface area contributed by atoms with Crippen LogP contribution in [0.4, 0.5) is 0 Å². The fraction of sp³-hybridized carbons (Fsp3) is 0.0400. The average molecular weight is 414 g/mol. The highest BCUT2D eigenvalue weighted by molar-refractivity contribution is 6.33. The number of hydrogen-bond acceptors (Lipinski definition) is 2. The van der Waals surface area contributed by atoms with Gasteiger partial charge in [-0.15, -0.1) is 0 Å². The van der Waals surface area contributed by atoms with Crippen molar-refractivity contribution in [2.24, 2.45) is 0 Å². The fourth-order valence-electron chi connectivity index (χ4n) is 3.12. The topological polar surface area (TPSA) is 46.9 Å². The summed E-state index contributed by atoms with van der Waals surface area (Å²) >= 11 is 6.31. The third-order valence-corrected chi connectivity index (χ3v) is 5.07. The zero-order valence-corrected chi connectivity index (χ0v) is 17.0. The molecule has 5 heteroatoms. The van der Waals surface area contributed by atoms with Gasteiger partial charge in [0.25, 0.3) is 5.91 Å². The molecule has 0 unspecified atom stereocenters. The molecule has 0 bridgehead atoms.